The summed E-state index contributed by atoms with van der Waals surface area (Å²) in [6.45, 7) is 0. The third-order valence-corrected chi connectivity index (χ3v) is 4.78. The molecule has 0 atom stereocenters. The zero-order chi connectivity index (χ0) is 20.8. The summed E-state index contributed by atoms with van der Waals surface area (Å²) in [6.07, 6.45) is 0.606. The Bertz CT molecular complexity index is 1110. The van der Waals surface area contributed by atoms with Crippen LogP contribution in [0.15, 0.2) is 87.9 Å². The molecule has 1 N–H and O–H groups in total. The number of nitrogens with one attached hydrogen (secondary N) is 1. The standard InChI is InChI=1S/C23H18BrN3O3/c24-17-8-6-16(7-9-17)23-26-22(30-27-23)15-14-21(28)25-18-10-12-20(13-11-18)29-19-4-2-1-3-5-19/h1-13H,14-15H2,(H,25,28). The Morgan fingerprint density at radius 3 is 2.37 bits per heavy atom. The third-order valence-electron chi connectivity index (χ3n) is 4.25. The normalized spacial score (nSPS) is 10.6. The van der Waals surface area contributed by atoms with Crippen LogP contribution in [-0.4, -0.2) is 16.0 Å². The summed E-state index contributed by atoms with van der Waals surface area (Å²) in [5.41, 5.74) is 1.55. The molecule has 0 fully saturated rings. The van der Waals surface area contributed by atoms with Gasteiger partial charge >= 0.3 is 0 Å². The van der Waals surface area contributed by atoms with Crippen molar-refractivity contribution >= 4 is 27.5 Å². The van der Waals surface area contributed by atoms with Gasteiger partial charge in [0.2, 0.25) is 17.6 Å². The molecule has 1 aromatic heterocycles. The number of carbonyl (C=O) groups excluding carboxylic acids is 1. The van der Waals surface area contributed by atoms with Gasteiger partial charge in [0.15, 0.2) is 0 Å². The van der Waals surface area contributed by atoms with Gasteiger partial charge in [-0.3, -0.25) is 4.79 Å². The lowest BCUT2D eigenvalue weighted by atomic mass is 10.2. The Hall–Kier alpha value is -3.45. The lowest BCUT2D eigenvalue weighted by Gasteiger charge is -2.07. The maximum absolute atomic E-state index is 12.2. The van der Waals surface area contributed by atoms with E-state index in [1.165, 1.54) is 0 Å². The number of aromatic nitrogens is 2. The van der Waals surface area contributed by atoms with Crippen molar-refractivity contribution in [2.45, 2.75) is 12.8 Å². The van der Waals surface area contributed by atoms with Crippen molar-refractivity contribution in [3.63, 3.8) is 0 Å². The minimum atomic E-state index is -0.130. The molecule has 0 aliphatic carbocycles. The highest BCUT2D eigenvalue weighted by atomic mass is 79.9. The first-order valence-electron chi connectivity index (χ1n) is 9.37. The van der Waals surface area contributed by atoms with Crippen LogP contribution in [0.4, 0.5) is 5.69 Å². The molecule has 0 aliphatic heterocycles. The zero-order valence-electron chi connectivity index (χ0n) is 15.9. The van der Waals surface area contributed by atoms with Crippen molar-refractivity contribution < 1.29 is 14.1 Å². The summed E-state index contributed by atoms with van der Waals surface area (Å²) >= 11 is 3.39. The van der Waals surface area contributed by atoms with E-state index in [1.807, 2.05) is 66.7 Å². The molecule has 30 heavy (non-hydrogen) atoms. The molecular weight excluding hydrogens is 446 g/mol. The summed E-state index contributed by atoms with van der Waals surface area (Å²) in [5, 5.41) is 6.83. The Morgan fingerprint density at radius 2 is 1.63 bits per heavy atom. The number of halogens is 1. The molecule has 0 saturated heterocycles. The smallest absolute Gasteiger partial charge is 0.227 e. The van der Waals surface area contributed by atoms with E-state index in [1.54, 1.807) is 12.1 Å². The number of amides is 1. The highest BCUT2D eigenvalue weighted by Gasteiger charge is 2.11. The van der Waals surface area contributed by atoms with E-state index in [4.69, 9.17) is 9.26 Å². The fourth-order valence-electron chi connectivity index (χ4n) is 2.75. The first kappa shape index (κ1) is 19.8. The summed E-state index contributed by atoms with van der Waals surface area (Å²) in [7, 11) is 0. The fourth-order valence-corrected chi connectivity index (χ4v) is 3.01. The molecule has 150 valence electrons. The fraction of sp³-hybridized carbons (Fsp3) is 0.0870. The maximum Gasteiger partial charge on any atom is 0.227 e. The minimum absolute atomic E-state index is 0.130. The van der Waals surface area contributed by atoms with Crippen LogP contribution in [0, 0.1) is 0 Å². The molecule has 0 saturated carbocycles. The largest absolute Gasteiger partial charge is 0.457 e. The summed E-state index contributed by atoms with van der Waals surface area (Å²) in [4.78, 5) is 16.6. The number of hydrogen-bond donors (Lipinski definition) is 1. The molecule has 3 aromatic carbocycles. The van der Waals surface area contributed by atoms with Crippen LogP contribution in [0.1, 0.15) is 12.3 Å². The molecule has 0 spiro atoms. The number of carbonyl (C=O) groups is 1. The second-order valence-electron chi connectivity index (χ2n) is 6.51. The highest BCUT2D eigenvalue weighted by molar-refractivity contribution is 9.10. The molecule has 0 bridgehead atoms. The molecule has 0 aliphatic rings. The van der Waals surface area contributed by atoms with Crippen LogP contribution in [0.5, 0.6) is 11.5 Å². The minimum Gasteiger partial charge on any atom is -0.457 e. The van der Waals surface area contributed by atoms with Crippen molar-refractivity contribution in [3.05, 3.63) is 89.2 Å². The van der Waals surface area contributed by atoms with E-state index >= 15 is 0 Å². The average molecular weight is 464 g/mol. The van der Waals surface area contributed by atoms with Crippen LogP contribution in [0.2, 0.25) is 0 Å². The van der Waals surface area contributed by atoms with E-state index in [9.17, 15) is 4.79 Å². The Kier molecular flexibility index (Phi) is 6.20. The zero-order valence-corrected chi connectivity index (χ0v) is 17.5. The number of nitrogens with zero attached hydrogens (tertiary/aromatic N) is 2. The molecule has 1 heterocycles. The van der Waals surface area contributed by atoms with E-state index in [-0.39, 0.29) is 12.3 Å². The van der Waals surface area contributed by atoms with Crippen LogP contribution in [-0.2, 0) is 11.2 Å². The van der Waals surface area contributed by atoms with Crippen molar-refractivity contribution in [3.8, 4) is 22.9 Å². The second-order valence-corrected chi connectivity index (χ2v) is 7.42. The van der Waals surface area contributed by atoms with Crippen LogP contribution in [0.25, 0.3) is 11.4 Å². The molecule has 0 unspecified atom stereocenters. The van der Waals surface area contributed by atoms with Gasteiger partial charge < -0.3 is 14.6 Å². The molecule has 6 nitrogen and oxygen atoms in total. The number of rotatable bonds is 7. The molecule has 4 rings (SSSR count). The molecule has 0 radical (unpaired) electrons. The predicted octanol–water partition coefficient (Wildman–Crippen LogP) is 5.86. The highest BCUT2D eigenvalue weighted by Crippen LogP contribution is 2.23. The Balaban J connectivity index is 1.28. The van der Waals surface area contributed by atoms with Gasteiger partial charge in [-0.25, -0.2) is 0 Å². The van der Waals surface area contributed by atoms with Gasteiger partial charge in [0.05, 0.1) is 0 Å². The van der Waals surface area contributed by atoms with Gasteiger partial charge in [0, 0.05) is 28.6 Å². The van der Waals surface area contributed by atoms with E-state index in [2.05, 4.69) is 31.4 Å². The van der Waals surface area contributed by atoms with Crippen LogP contribution < -0.4 is 10.1 Å². The lowest BCUT2D eigenvalue weighted by molar-refractivity contribution is -0.116. The predicted molar refractivity (Wildman–Crippen MR) is 117 cm³/mol. The topological polar surface area (TPSA) is 77.2 Å². The van der Waals surface area contributed by atoms with Gasteiger partial charge in [-0.2, -0.15) is 4.98 Å². The number of hydrogen-bond acceptors (Lipinski definition) is 5. The van der Waals surface area contributed by atoms with Crippen LogP contribution >= 0.6 is 15.9 Å². The van der Waals surface area contributed by atoms with Gasteiger partial charge in [-0.05, 0) is 60.7 Å². The number of para-hydroxylation sites is 1. The number of aryl methyl sites for hydroxylation is 1. The second kappa shape index (κ2) is 9.37. The third kappa shape index (κ3) is 5.33. The first-order valence-corrected chi connectivity index (χ1v) is 10.2. The average Bonchev–Trinajstić information content (AvgIpc) is 3.24. The monoisotopic (exact) mass is 463 g/mol. The van der Waals surface area contributed by atoms with Gasteiger partial charge in [0.25, 0.3) is 0 Å². The Morgan fingerprint density at radius 1 is 0.933 bits per heavy atom. The Labute approximate surface area is 182 Å². The maximum atomic E-state index is 12.2. The van der Waals surface area contributed by atoms with Gasteiger partial charge in [0.1, 0.15) is 11.5 Å². The van der Waals surface area contributed by atoms with Crippen molar-refractivity contribution in [2.75, 3.05) is 5.32 Å². The van der Waals surface area contributed by atoms with E-state index in [0.29, 0.717) is 29.6 Å². The molecule has 4 aromatic rings. The van der Waals surface area contributed by atoms with Crippen molar-refractivity contribution in [2.24, 2.45) is 0 Å². The van der Waals surface area contributed by atoms with Crippen LogP contribution in [0.3, 0.4) is 0 Å². The lowest BCUT2D eigenvalue weighted by Crippen LogP contribution is -2.12. The summed E-state index contributed by atoms with van der Waals surface area (Å²) in [5.74, 6) is 2.26. The quantitative estimate of drug-likeness (QED) is 0.371. The number of ether oxygens (including phenoxy) is 1. The molecule has 1 amide bonds. The summed E-state index contributed by atoms with van der Waals surface area (Å²) in [6, 6.07) is 24.4. The van der Waals surface area contributed by atoms with Gasteiger partial charge in [-0.15, -0.1) is 0 Å². The van der Waals surface area contributed by atoms with E-state index in [0.717, 1.165) is 15.8 Å². The van der Waals surface area contributed by atoms with Gasteiger partial charge in [-0.1, -0.05) is 39.3 Å². The molecule has 7 heteroatoms. The number of benzene rings is 3. The SMILES string of the molecule is O=C(CCc1nc(-c2ccc(Br)cc2)no1)Nc1ccc(Oc2ccccc2)cc1. The molecular formula is C23H18BrN3O3. The first-order chi connectivity index (χ1) is 14.7. The number of anilines is 1. The summed E-state index contributed by atoms with van der Waals surface area (Å²) < 4.78 is 12.0. The van der Waals surface area contributed by atoms with Crippen molar-refractivity contribution in [1.29, 1.82) is 0 Å². The van der Waals surface area contributed by atoms with Crippen molar-refractivity contribution in [1.82, 2.24) is 10.1 Å². The van der Waals surface area contributed by atoms with E-state index < -0.39 is 0 Å².